The summed E-state index contributed by atoms with van der Waals surface area (Å²) in [7, 11) is -2.66. The summed E-state index contributed by atoms with van der Waals surface area (Å²) in [4.78, 5) is 1.75. The quantitative estimate of drug-likeness (QED) is 0.444. The van der Waals surface area contributed by atoms with Gasteiger partial charge in [-0.15, -0.1) is 0 Å². The molecule has 0 aliphatic rings. The Balaban J connectivity index is 2.61. The van der Waals surface area contributed by atoms with Crippen molar-refractivity contribution in [1.29, 1.82) is 0 Å². The van der Waals surface area contributed by atoms with Gasteiger partial charge in [-0.3, -0.25) is 9.13 Å². The van der Waals surface area contributed by atoms with Crippen molar-refractivity contribution in [2.75, 3.05) is 28.4 Å². The van der Waals surface area contributed by atoms with Gasteiger partial charge < -0.3 is 18.1 Å². The summed E-state index contributed by atoms with van der Waals surface area (Å²) in [6.45, 7) is 2.01. The van der Waals surface area contributed by atoms with Crippen LogP contribution in [0.5, 0.6) is 0 Å². The average molecular weight is 430 g/mol. The number of hydrogen-bond acceptors (Lipinski definition) is 7. The summed E-state index contributed by atoms with van der Waals surface area (Å²) in [5.41, 5.74) is 1.67. The zero-order valence-electron chi connectivity index (χ0n) is 15.9. The predicted octanol–water partition coefficient (Wildman–Crippen LogP) is 6.12. The largest absolute Gasteiger partial charge is 0.349 e. The molecule has 0 spiro atoms. The van der Waals surface area contributed by atoms with Crippen LogP contribution in [-0.4, -0.2) is 28.4 Å². The Bertz CT molecular complexity index is 813. The van der Waals surface area contributed by atoms with E-state index in [2.05, 4.69) is 0 Å². The zero-order chi connectivity index (χ0) is 20.1. The highest BCUT2D eigenvalue weighted by molar-refractivity contribution is 7.99. The molecule has 0 amide bonds. The maximum atomic E-state index is 13.3. The van der Waals surface area contributed by atoms with Crippen molar-refractivity contribution >= 4 is 27.0 Å². The minimum absolute atomic E-state index is 0.516. The lowest BCUT2D eigenvalue weighted by Gasteiger charge is -2.30. The first-order chi connectivity index (χ1) is 12.8. The maximum absolute atomic E-state index is 13.3. The minimum Gasteiger partial charge on any atom is -0.311 e. The monoisotopic (exact) mass is 430 g/mol. The first kappa shape index (κ1) is 22.4. The van der Waals surface area contributed by atoms with Crippen LogP contribution < -0.4 is 0 Å². The van der Waals surface area contributed by atoms with Gasteiger partial charge >= 0.3 is 15.2 Å². The van der Waals surface area contributed by atoms with Crippen molar-refractivity contribution in [3.8, 4) is 0 Å². The van der Waals surface area contributed by atoms with Crippen LogP contribution in [0.25, 0.3) is 0 Å². The van der Waals surface area contributed by atoms with Crippen molar-refractivity contribution in [2.45, 2.75) is 22.1 Å². The van der Waals surface area contributed by atoms with E-state index in [4.69, 9.17) is 18.1 Å². The van der Waals surface area contributed by atoms with Crippen molar-refractivity contribution in [1.82, 2.24) is 0 Å². The van der Waals surface area contributed by atoms with Gasteiger partial charge in [0.2, 0.25) is 0 Å². The van der Waals surface area contributed by atoms with Gasteiger partial charge in [0.1, 0.15) is 0 Å². The fourth-order valence-electron chi connectivity index (χ4n) is 2.58. The molecule has 6 nitrogen and oxygen atoms in total. The van der Waals surface area contributed by atoms with Gasteiger partial charge in [0.15, 0.2) is 5.40 Å². The minimum atomic E-state index is -3.83. The molecule has 2 aromatic rings. The highest BCUT2D eigenvalue weighted by Gasteiger charge is 2.51. The van der Waals surface area contributed by atoms with Crippen LogP contribution in [0.4, 0.5) is 0 Å². The summed E-state index contributed by atoms with van der Waals surface area (Å²) >= 11 is 1.46. The van der Waals surface area contributed by atoms with Gasteiger partial charge in [-0.05, 0) is 30.7 Å². The topological polar surface area (TPSA) is 71.1 Å². The van der Waals surface area contributed by atoms with E-state index in [-0.39, 0.29) is 0 Å². The summed E-state index contributed by atoms with van der Waals surface area (Å²) in [5.74, 6) is 0. The second-order valence-corrected chi connectivity index (χ2v) is 11.8. The van der Waals surface area contributed by atoms with Crippen molar-refractivity contribution in [2.24, 2.45) is 0 Å². The average Bonchev–Trinajstić information content (AvgIpc) is 2.70. The van der Waals surface area contributed by atoms with E-state index in [9.17, 15) is 9.13 Å². The first-order valence-electron chi connectivity index (χ1n) is 8.09. The molecule has 0 unspecified atom stereocenters. The van der Waals surface area contributed by atoms with Crippen LogP contribution in [0.3, 0.4) is 0 Å². The van der Waals surface area contributed by atoms with E-state index in [0.29, 0.717) is 5.56 Å². The summed E-state index contributed by atoms with van der Waals surface area (Å²) in [5, 5.41) is -1.22. The van der Waals surface area contributed by atoms with Crippen molar-refractivity contribution in [3.05, 3.63) is 59.7 Å². The molecule has 0 atom stereocenters. The molecule has 0 radical (unpaired) electrons. The van der Waals surface area contributed by atoms with Gasteiger partial charge in [0.25, 0.3) is 0 Å². The van der Waals surface area contributed by atoms with Crippen LogP contribution >= 0.6 is 27.0 Å². The second kappa shape index (κ2) is 9.53. The summed E-state index contributed by atoms with van der Waals surface area (Å²) in [6.07, 6.45) is 0. The van der Waals surface area contributed by atoms with Crippen LogP contribution in [0.15, 0.2) is 58.3 Å². The lowest BCUT2D eigenvalue weighted by molar-refractivity contribution is 0.247. The fraction of sp³-hybridized carbons (Fsp3) is 0.333. The summed E-state index contributed by atoms with van der Waals surface area (Å²) in [6, 6.07) is 15.2. The van der Waals surface area contributed by atoms with Crippen molar-refractivity contribution < 1.29 is 27.2 Å². The number of hydrogen-bond donors (Lipinski definition) is 0. The molecule has 0 fully saturated rings. The van der Waals surface area contributed by atoms with Gasteiger partial charge in [0.05, 0.1) is 0 Å². The van der Waals surface area contributed by atoms with E-state index in [0.717, 1.165) is 15.4 Å². The Kier molecular flexibility index (Phi) is 7.90. The molecule has 0 heterocycles. The van der Waals surface area contributed by atoms with Gasteiger partial charge in [-0.25, -0.2) is 0 Å². The van der Waals surface area contributed by atoms with Crippen LogP contribution in [0.1, 0.15) is 16.5 Å². The first-order valence-corrected chi connectivity index (χ1v) is 12.1. The van der Waals surface area contributed by atoms with E-state index >= 15 is 0 Å². The molecule has 27 heavy (non-hydrogen) atoms. The van der Waals surface area contributed by atoms with Gasteiger partial charge in [0, 0.05) is 38.2 Å². The Morgan fingerprint density at radius 1 is 0.778 bits per heavy atom. The van der Waals surface area contributed by atoms with Crippen LogP contribution in [0.2, 0.25) is 0 Å². The Hall–Kier alpha value is -0.910. The highest BCUT2D eigenvalue weighted by atomic mass is 32.2. The third-order valence-electron chi connectivity index (χ3n) is 4.06. The molecule has 9 heteroatoms. The lowest BCUT2D eigenvalue weighted by atomic mass is 10.2. The molecule has 0 aliphatic heterocycles. The van der Waals surface area contributed by atoms with Gasteiger partial charge in [-0.1, -0.05) is 47.7 Å². The van der Waals surface area contributed by atoms with E-state index in [1.165, 1.54) is 40.2 Å². The molecule has 0 N–H and O–H groups in total. The second-order valence-electron chi connectivity index (χ2n) is 5.64. The molecule has 0 aromatic heterocycles. The Labute approximate surface area is 164 Å². The normalized spacial score (nSPS) is 12.5. The van der Waals surface area contributed by atoms with Crippen LogP contribution in [-0.2, 0) is 27.2 Å². The molecule has 2 rings (SSSR count). The molecule has 0 saturated carbocycles. The molecule has 0 aliphatic carbocycles. The number of benzene rings is 2. The standard InChI is InChI=1S/C18H24O6P2S/c1-14-10-12-15(13-11-14)27-17-9-7-6-8-16(17)18(25(19,21-2)22-3)26(20,23-4)24-5/h6-13,18H,1-5H3. The van der Waals surface area contributed by atoms with E-state index < -0.39 is 20.6 Å². The Morgan fingerprint density at radius 2 is 1.26 bits per heavy atom. The Morgan fingerprint density at radius 3 is 1.74 bits per heavy atom. The van der Waals surface area contributed by atoms with Crippen molar-refractivity contribution in [3.63, 3.8) is 0 Å². The molecular formula is C18H24O6P2S. The number of aryl methyl sites for hydroxylation is 1. The predicted molar refractivity (Wildman–Crippen MR) is 108 cm³/mol. The molecular weight excluding hydrogens is 406 g/mol. The van der Waals surface area contributed by atoms with E-state index in [1.807, 2.05) is 43.3 Å². The molecule has 0 bridgehead atoms. The summed E-state index contributed by atoms with van der Waals surface area (Å²) < 4.78 is 47.2. The molecule has 148 valence electrons. The highest BCUT2D eigenvalue weighted by Crippen LogP contribution is 2.78. The van der Waals surface area contributed by atoms with E-state index in [1.54, 1.807) is 12.1 Å². The zero-order valence-corrected chi connectivity index (χ0v) is 18.6. The number of rotatable bonds is 9. The van der Waals surface area contributed by atoms with Gasteiger partial charge in [-0.2, -0.15) is 0 Å². The van der Waals surface area contributed by atoms with Crippen LogP contribution in [0, 0.1) is 6.92 Å². The molecule has 0 saturated heterocycles. The third kappa shape index (κ3) is 4.93. The lowest BCUT2D eigenvalue weighted by Crippen LogP contribution is -2.09. The fourth-order valence-corrected chi connectivity index (χ4v) is 8.48. The molecule has 2 aromatic carbocycles. The SMILES string of the molecule is COP(=O)(OC)C(c1ccccc1Sc1ccc(C)cc1)P(=O)(OC)OC. The third-order valence-corrected chi connectivity index (χ3v) is 10.6. The maximum Gasteiger partial charge on any atom is 0.349 e. The smallest absolute Gasteiger partial charge is 0.311 e.